The van der Waals surface area contributed by atoms with E-state index in [1.165, 1.54) is 13.0 Å². The van der Waals surface area contributed by atoms with Crippen LogP contribution >= 0.6 is 0 Å². The molecule has 0 aliphatic carbocycles. The summed E-state index contributed by atoms with van der Waals surface area (Å²) in [5.41, 5.74) is 1.02. The molecule has 0 aliphatic rings. The van der Waals surface area contributed by atoms with E-state index >= 15 is 0 Å². The lowest BCUT2D eigenvalue weighted by molar-refractivity contribution is -0.121. The Morgan fingerprint density at radius 3 is 2.82 bits per heavy atom. The Morgan fingerprint density at radius 2 is 2.06 bits per heavy atom. The highest BCUT2D eigenvalue weighted by atomic mass is 16.5. The van der Waals surface area contributed by atoms with E-state index in [0.29, 0.717) is 12.2 Å². The Balaban J connectivity index is 2.19. The fourth-order valence-corrected chi connectivity index (χ4v) is 1.51. The number of ether oxygens (including phenoxy) is 1. The number of benzene rings is 1. The molecule has 0 radical (unpaired) electrons. The van der Waals surface area contributed by atoms with Crippen LogP contribution in [0, 0.1) is 0 Å². The van der Waals surface area contributed by atoms with Gasteiger partial charge in [0, 0.05) is 11.5 Å². The maximum atomic E-state index is 11.1. The Labute approximate surface area is 97.8 Å². The van der Waals surface area contributed by atoms with Crippen LogP contribution < -0.4 is 5.63 Å². The van der Waals surface area contributed by atoms with Crippen LogP contribution in [0.5, 0.6) is 0 Å². The van der Waals surface area contributed by atoms with Gasteiger partial charge in [0.2, 0.25) is 0 Å². The molecule has 0 unspecified atom stereocenters. The summed E-state index contributed by atoms with van der Waals surface area (Å²) in [5.74, 6) is -0.0164. The number of ketones is 1. The lowest BCUT2D eigenvalue weighted by Crippen LogP contribution is -2.03. The first-order valence-electron chi connectivity index (χ1n) is 5.25. The van der Waals surface area contributed by atoms with Crippen molar-refractivity contribution in [1.82, 2.24) is 0 Å². The van der Waals surface area contributed by atoms with Crippen LogP contribution in [0.3, 0.4) is 0 Å². The van der Waals surface area contributed by atoms with E-state index in [9.17, 15) is 9.59 Å². The summed E-state index contributed by atoms with van der Waals surface area (Å²) in [6, 6.07) is 8.57. The van der Waals surface area contributed by atoms with Gasteiger partial charge in [-0.1, -0.05) is 12.1 Å². The molecule has 0 bridgehead atoms. The topological polar surface area (TPSA) is 56.5 Å². The zero-order valence-electron chi connectivity index (χ0n) is 9.43. The zero-order chi connectivity index (χ0) is 12.3. The Hall–Kier alpha value is -1.94. The van der Waals surface area contributed by atoms with Gasteiger partial charge >= 0.3 is 5.63 Å². The third-order valence-electron chi connectivity index (χ3n) is 2.26. The molecule has 0 atom stereocenters. The first-order valence-corrected chi connectivity index (χ1v) is 5.25. The molecule has 17 heavy (non-hydrogen) atoms. The van der Waals surface area contributed by atoms with Gasteiger partial charge in [-0.15, -0.1) is 0 Å². The zero-order valence-corrected chi connectivity index (χ0v) is 9.43. The van der Waals surface area contributed by atoms with Gasteiger partial charge < -0.3 is 9.15 Å². The lowest BCUT2D eigenvalue weighted by atomic mass is 10.1. The predicted octanol–water partition coefficient (Wildman–Crippen LogP) is 1.90. The highest BCUT2D eigenvalue weighted by molar-refractivity contribution is 5.77. The Bertz CT molecular complexity index is 598. The Kier molecular flexibility index (Phi) is 3.35. The molecule has 1 aromatic carbocycles. The first kappa shape index (κ1) is 11.5. The predicted molar refractivity (Wildman–Crippen MR) is 62.8 cm³/mol. The largest absolute Gasteiger partial charge is 0.423 e. The molecule has 2 aromatic rings. The molecule has 0 saturated carbocycles. The second-order valence-corrected chi connectivity index (χ2v) is 3.82. The van der Waals surface area contributed by atoms with Gasteiger partial charge in [-0.05, 0) is 24.6 Å². The molecule has 4 nitrogen and oxygen atoms in total. The second kappa shape index (κ2) is 4.93. The van der Waals surface area contributed by atoms with Crippen LogP contribution in [0.2, 0.25) is 0 Å². The standard InChI is InChI=1S/C13H12O4/c1-9(14)7-16-8-10-2-3-11-4-5-13(15)17-12(11)6-10/h2-6H,7-8H2,1H3. The van der Waals surface area contributed by atoms with E-state index in [1.807, 2.05) is 12.1 Å². The molecular weight excluding hydrogens is 220 g/mol. The molecule has 0 aliphatic heterocycles. The molecule has 0 amide bonds. The molecule has 0 fully saturated rings. The van der Waals surface area contributed by atoms with Gasteiger partial charge in [-0.2, -0.15) is 0 Å². The minimum absolute atomic E-state index is 0.0164. The summed E-state index contributed by atoms with van der Waals surface area (Å²) in [4.78, 5) is 21.8. The van der Waals surface area contributed by atoms with Crippen molar-refractivity contribution >= 4 is 16.8 Å². The van der Waals surface area contributed by atoms with Gasteiger partial charge in [0.15, 0.2) is 5.78 Å². The monoisotopic (exact) mass is 232 g/mol. The molecule has 2 rings (SSSR count). The van der Waals surface area contributed by atoms with Gasteiger partial charge in [0.05, 0.1) is 6.61 Å². The van der Waals surface area contributed by atoms with Crippen molar-refractivity contribution in [3.63, 3.8) is 0 Å². The van der Waals surface area contributed by atoms with Crippen molar-refractivity contribution in [3.8, 4) is 0 Å². The summed E-state index contributed by atoms with van der Waals surface area (Å²) in [6.07, 6.45) is 0. The van der Waals surface area contributed by atoms with Crippen molar-refractivity contribution in [2.75, 3.05) is 6.61 Å². The maximum absolute atomic E-state index is 11.1. The van der Waals surface area contributed by atoms with Gasteiger partial charge in [0.25, 0.3) is 0 Å². The molecule has 4 heteroatoms. The molecule has 1 heterocycles. The van der Waals surface area contributed by atoms with Crippen LogP contribution in [0.25, 0.3) is 11.0 Å². The highest BCUT2D eigenvalue weighted by Crippen LogP contribution is 2.14. The van der Waals surface area contributed by atoms with E-state index in [4.69, 9.17) is 9.15 Å². The van der Waals surface area contributed by atoms with Crippen LogP contribution in [0.1, 0.15) is 12.5 Å². The SMILES string of the molecule is CC(=O)COCc1ccc2ccc(=O)oc2c1. The normalized spacial score (nSPS) is 10.6. The third kappa shape index (κ3) is 3.01. The van der Waals surface area contributed by atoms with E-state index in [2.05, 4.69) is 0 Å². The van der Waals surface area contributed by atoms with Crippen LogP contribution in [-0.2, 0) is 16.1 Å². The van der Waals surface area contributed by atoms with Crippen molar-refractivity contribution in [2.24, 2.45) is 0 Å². The van der Waals surface area contributed by atoms with Gasteiger partial charge in [-0.3, -0.25) is 4.79 Å². The van der Waals surface area contributed by atoms with Crippen molar-refractivity contribution in [2.45, 2.75) is 13.5 Å². The summed E-state index contributed by atoms with van der Waals surface area (Å²) in [5, 5.41) is 0.861. The number of rotatable bonds is 4. The third-order valence-corrected chi connectivity index (χ3v) is 2.26. The molecule has 88 valence electrons. The number of fused-ring (bicyclic) bond motifs is 1. The number of Topliss-reactive ketones (excluding diaryl/α,β-unsaturated/α-hetero) is 1. The summed E-state index contributed by atoms with van der Waals surface area (Å²) in [7, 11) is 0. The number of carbonyl (C=O) groups is 1. The number of hydrogen-bond donors (Lipinski definition) is 0. The summed E-state index contributed by atoms with van der Waals surface area (Å²) >= 11 is 0. The minimum atomic E-state index is -0.376. The lowest BCUT2D eigenvalue weighted by Gasteiger charge is -2.03. The number of hydrogen-bond acceptors (Lipinski definition) is 4. The average Bonchev–Trinajstić information content (AvgIpc) is 2.28. The summed E-state index contributed by atoms with van der Waals surface area (Å²) < 4.78 is 10.2. The van der Waals surface area contributed by atoms with E-state index in [-0.39, 0.29) is 18.0 Å². The fraction of sp³-hybridized carbons (Fsp3) is 0.231. The molecule has 0 saturated heterocycles. The molecule has 0 N–H and O–H groups in total. The minimum Gasteiger partial charge on any atom is -0.423 e. The van der Waals surface area contributed by atoms with Crippen LogP contribution in [0.15, 0.2) is 39.5 Å². The van der Waals surface area contributed by atoms with Crippen LogP contribution in [0.4, 0.5) is 0 Å². The maximum Gasteiger partial charge on any atom is 0.336 e. The second-order valence-electron chi connectivity index (χ2n) is 3.82. The van der Waals surface area contributed by atoms with E-state index < -0.39 is 0 Å². The van der Waals surface area contributed by atoms with Crippen LogP contribution in [-0.4, -0.2) is 12.4 Å². The summed E-state index contributed by atoms with van der Waals surface area (Å²) in [6.45, 7) is 1.89. The highest BCUT2D eigenvalue weighted by Gasteiger charge is 2.00. The van der Waals surface area contributed by atoms with Crippen molar-refractivity contribution < 1.29 is 13.9 Å². The van der Waals surface area contributed by atoms with Crippen molar-refractivity contribution in [3.05, 3.63) is 46.3 Å². The average molecular weight is 232 g/mol. The van der Waals surface area contributed by atoms with E-state index in [1.54, 1.807) is 12.1 Å². The van der Waals surface area contributed by atoms with E-state index in [0.717, 1.165) is 10.9 Å². The van der Waals surface area contributed by atoms with Crippen molar-refractivity contribution in [1.29, 1.82) is 0 Å². The van der Waals surface area contributed by atoms with Gasteiger partial charge in [-0.25, -0.2) is 4.79 Å². The van der Waals surface area contributed by atoms with Gasteiger partial charge in [0.1, 0.15) is 12.2 Å². The Morgan fingerprint density at radius 1 is 1.29 bits per heavy atom. The molecule has 0 spiro atoms. The molecule has 1 aromatic heterocycles. The molecular formula is C13H12O4. The smallest absolute Gasteiger partial charge is 0.336 e. The fourth-order valence-electron chi connectivity index (χ4n) is 1.51. The first-order chi connectivity index (χ1) is 8.15. The quantitative estimate of drug-likeness (QED) is 0.755. The number of carbonyl (C=O) groups excluding carboxylic acids is 1.